The third kappa shape index (κ3) is 5.02. The van der Waals surface area contributed by atoms with Gasteiger partial charge >= 0.3 is 0 Å². The normalized spacial score (nSPS) is 10.2. The number of halogens is 1. The molecule has 1 rings (SSSR count). The number of ether oxygens (including phenoxy) is 2. The van der Waals surface area contributed by atoms with E-state index in [-0.39, 0.29) is 0 Å². The molecule has 0 spiro atoms. The van der Waals surface area contributed by atoms with E-state index >= 15 is 0 Å². The van der Waals surface area contributed by atoms with Crippen molar-refractivity contribution in [2.24, 2.45) is 5.73 Å². The molecule has 0 unspecified atom stereocenters. The molecule has 0 aliphatic carbocycles. The van der Waals surface area contributed by atoms with Gasteiger partial charge in [-0.1, -0.05) is 19.1 Å². The lowest BCUT2D eigenvalue weighted by atomic mass is 10.2. The van der Waals surface area contributed by atoms with Crippen LogP contribution in [-0.2, 0) is 4.74 Å². The molecule has 0 aliphatic heterocycles. The van der Waals surface area contributed by atoms with Crippen LogP contribution >= 0.6 is 28.1 Å². The highest BCUT2D eigenvalue weighted by Crippen LogP contribution is 2.23. The molecule has 1 aromatic rings. The van der Waals surface area contributed by atoms with Crippen molar-refractivity contribution in [2.45, 2.75) is 13.3 Å². The van der Waals surface area contributed by atoms with Gasteiger partial charge in [-0.25, -0.2) is 0 Å². The van der Waals surface area contributed by atoms with Gasteiger partial charge in [0.1, 0.15) is 17.3 Å². The first kappa shape index (κ1) is 14.4. The molecule has 0 aromatic heterocycles. The number of nitrogens with two attached hydrogens (primary N) is 1. The average Bonchev–Trinajstić information content (AvgIpc) is 2.28. The molecule has 94 valence electrons. The van der Waals surface area contributed by atoms with Crippen LogP contribution in [0.3, 0.4) is 0 Å². The predicted molar refractivity (Wildman–Crippen MR) is 76.6 cm³/mol. The lowest BCUT2D eigenvalue weighted by Crippen LogP contribution is -2.11. The third-order valence-corrected chi connectivity index (χ3v) is 2.93. The van der Waals surface area contributed by atoms with Crippen molar-refractivity contribution in [1.29, 1.82) is 0 Å². The molecule has 0 amide bonds. The second-order valence-electron chi connectivity index (χ2n) is 3.47. The van der Waals surface area contributed by atoms with Crippen molar-refractivity contribution in [3.63, 3.8) is 0 Å². The Kier molecular flexibility index (Phi) is 6.47. The molecular weight excluding hydrogens is 302 g/mol. The highest BCUT2D eigenvalue weighted by Gasteiger charge is 2.04. The molecule has 2 N–H and O–H groups in total. The molecular formula is C12H16BrNO2S. The van der Waals surface area contributed by atoms with Gasteiger partial charge in [-0.3, -0.25) is 0 Å². The first-order valence-electron chi connectivity index (χ1n) is 5.45. The van der Waals surface area contributed by atoms with Crippen LogP contribution in [0.1, 0.15) is 18.9 Å². The highest BCUT2D eigenvalue weighted by atomic mass is 79.9. The van der Waals surface area contributed by atoms with Crippen LogP contribution in [0.15, 0.2) is 22.7 Å². The van der Waals surface area contributed by atoms with Crippen molar-refractivity contribution in [3.05, 3.63) is 28.2 Å². The van der Waals surface area contributed by atoms with E-state index in [4.69, 9.17) is 27.4 Å². The fourth-order valence-electron chi connectivity index (χ4n) is 1.25. The summed E-state index contributed by atoms with van der Waals surface area (Å²) in [5.74, 6) is 0.775. The fourth-order valence-corrected chi connectivity index (χ4v) is 2.13. The zero-order valence-electron chi connectivity index (χ0n) is 9.74. The Bertz CT molecular complexity index is 385. The van der Waals surface area contributed by atoms with E-state index in [0.717, 1.165) is 28.8 Å². The average molecular weight is 318 g/mol. The molecule has 0 radical (unpaired) electrons. The minimum absolute atomic E-state index is 0.370. The molecule has 0 heterocycles. The zero-order valence-corrected chi connectivity index (χ0v) is 12.1. The molecule has 0 saturated heterocycles. The lowest BCUT2D eigenvalue weighted by molar-refractivity contribution is 0.101. The lowest BCUT2D eigenvalue weighted by Gasteiger charge is -2.08. The summed E-state index contributed by atoms with van der Waals surface area (Å²) in [5, 5.41) is 0. The molecule has 0 saturated carbocycles. The zero-order chi connectivity index (χ0) is 12.7. The Labute approximate surface area is 115 Å². The van der Waals surface area contributed by atoms with Gasteiger partial charge in [0, 0.05) is 16.6 Å². The summed E-state index contributed by atoms with van der Waals surface area (Å²) in [7, 11) is 0. The van der Waals surface area contributed by atoms with Crippen molar-refractivity contribution < 1.29 is 9.47 Å². The van der Waals surface area contributed by atoms with Crippen molar-refractivity contribution in [2.75, 3.05) is 19.8 Å². The summed E-state index contributed by atoms with van der Waals surface area (Å²) in [4.78, 5) is 0.370. The minimum Gasteiger partial charge on any atom is -0.491 e. The van der Waals surface area contributed by atoms with E-state index in [1.54, 1.807) is 0 Å². The van der Waals surface area contributed by atoms with Crippen molar-refractivity contribution >= 4 is 33.1 Å². The van der Waals surface area contributed by atoms with Crippen LogP contribution in [0.5, 0.6) is 5.75 Å². The van der Waals surface area contributed by atoms with Crippen LogP contribution < -0.4 is 10.5 Å². The monoisotopic (exact) mass is 317 g/mol. The van der Waals surface area contributed by atoms with Gasteiger partial charge in [-0.2, -0.15) is 0 Å². The minimum atomic E-state index is 0.370. The van der Waals surface area contributed by atoms with Gasteiger partial charge in [-0.05, 0) is 40.5 Å². The molecule has 5 heteroatoms. The van der Waals surface area contributed by atoms with Crippen LogP contribution in [0.4, 0.5) is 0 Å². The van der Waals surface area contributed by atoms with Crippen molar-refractivity contribution in [3.8, 4) is 5.75 Å². The van der Waals surface area contributed by atoms with Crippen LogP contribution in [-0.4, -0.2) is 24.8 Å². The number of thiocarbonyl (C=S) groups is 1. The highest BCUT2D eigenvalue weighted by molar-refractivity contribution is 9.10. The van der Waals surface area contributed by atoms with E-state index in [9.17, 15) is 0 Å². The third-order valence-electron chi connectivity index (χ3n) is 2.05. The van der Waals surface area contributed by atoms with Crippen LogP contribution in [0, 0.1) is 0 Å². The fraction of sp³-hybridized carbons (Fsp3) is 0.417. The Balaban J connectivity index is 2.45. The maximum absolute atomic E-state index is 5.56. The number of hydrogen-bond acceptors (Lipinski definition) is 3. The van der Waals surface area contributed by atoms with Crippen LogP contribution in [0.2, 0.25) is 0 Å². The van der Waals surface area contributed by atoms with Gasteiger partial charge in [0.2, 0.25) is 0 Å². The molecule has 17 heavy (non-hydrogen) atoms. The van der Waals surface area contributed by atoms with Gasteiger partial charge in [0.15, 0.2) is 0 Å². The summed E-state index contributed by atoms with van der Waals surface area (Å²) >= 11 is 8.32. The number of hydrogen-bond donors (Lipinski definition) is 1. The summed E-state index contributed by atoms with van der Waals surface area (Å²) in [5.41, 5.74) is 6.37. The standard InChI is InChI=1S/C12H16BrNO2S/c1-2-5-15-6-7-16-9-3-4-10(12(14)17)11(13)8-9/h3-4,8H,2,5-7H2,1H3,(H2,14,17). The van der Waals surface area contributed by atoms with Gasteiger partial charge in [0.05, 0.1) is 6.61 Å². The van der Waals surface area contributed by atoms with E-state index in [1.165, 1.54) is 0 Å². The largest absolute Gasteiger partial charge is 0.491 e. The van der Waals surface area contributed by atoms with Gasteiger partial charge in [-0.15, -0.1) is 0 Å². The smallest absolute Gasteiger partial charge is 0.120 e. The van der Waals surface area contributed by atoms with Crippen LogP contribution in [0.25, 0.3) is 0 Å². The first-order chi connectivity index (χ1) is 8.15. The topological polar surface area (TPSA) is 44.5 Å². The SMILES string of the molecule is CCCOCCOc1ccc(C(N)=S)c(Br)c1. The summed E-state index contributed by atoms with van der Waals surface area (Å²) < 4.78 is 11.7. The molecule has 0 atom stereocenters. The molecule has 0 aliphatic rings. The summed E-state index contributed by atoms with van der Waals surface area (Å²) in [6, 6.07) is 5.54. The summed E-state index contributed by atoms with van der Waals surface area (Å²) in [6.45, 7) is 3.99. The van der Waals surface area contributed by atoms with E-state index in [1.807, 2.05) is 18.2 Å². The molecule has 3 nitrogen and oxygen atoms in total. The number of rotatable bonds is 7. The summed E-state index contributed by atoms with van der Waals surface area (Å²) in [6.07, 6.45) is 1.02. The van der Waals surface area contributed by atoms with E-state index in [0.29, 0.717) is 18.2 Å². The Morgan fingerprint density at radius 2 is 2.12 bits per heavy atom. The molecule has 0 fully saturated rings. The Hall–Kier alpha value is -0.650. The maximum Gasteiger partial charge on any atom is 0.120 e. The second kappa shape index (κ2) is 7.63. The predicted octanol–water partition coefficient (Wildman–Crippen LogP) is 2.89. The first-order valence-corrected chi connectivity index (χ1v) is 6.65. The van der Waals surface area contributed by atoms with Gasteiger partial charge < -0.3 is 15.2 Å². The molecule has 0 bridgehead atoms. The quantitative estimate of drug-likeness (QED) is 0.620. The second-order valence-corrected chi connectivity index (χ2v) is 4.76. The van der Waals surface area contributed by atoms with E-state index < -0.39 is 0 Å². The Morgan fingerprint density at radius 3 is 2.71 bits per heavy atom. The number of benzene rings is 1. The van der Waals surface area contributed by atoms with Gasteiger partial charge in [0.25, 0.3) is 0 Å². The van der Waals surface area contributed by atoms with E-state index in [2.05, 4.69) is 22.9 Å². The Morgan fingerprint density at radius 1 is 1.35 bits per heavy atom. The van der Waals surface area contributed by atoms with Crippen molar-refractivity contribution in [1.82, 2.24) is 0 Å². The maximum atomic E-state index is 5.56. The molecule has 1 aromatic carbocycles.